The summed E-state index contributed by atoms with van der Waals surface area (Å²) in [5, 5.41) is 3.25. The van der Waals surface area contributed by atoms with E-state index in [-0.39, 0.29) is 24.7 Å². The number of methoxy groups -OCH3 is 1. The van der Waals surface area contributed by atoms with Gasteiger partial charge in [0.1, 0.15) is 5.60 Å². The predicted molar refractivity (Wildman–Crippen MR) is 66.9 cm³/mol. The zero-order valence-electron chi connectivity index (χ0n) is 11.4. The molecule has 17 heavy (non-hydrogen) atoms. The van der Waals surface area contributed by atoms with Gasteiger partial charge in [-0.15, -0.1) is 0 Å². The number of hydrogen-bond donors (Lipinski definition) is 1. The molecule has 4 heteroatoms. The van der Waals surface area contributed by atoms with Crippen LogP contribution in [-0.4, -0.2) is 37.4 Å². The Morgan fingerprint density at radius 1 is 1.29 bits per heavy atom. The molecule has 4 nitrogen and oxygen atoms in total. The van der Waals surface area contributed by atoms with E-state index in [9.17, 15) is 4.79 Å². The van der Waals surface area contributed by atoms with Crippen molar-refractivity contribution in [3.8, 4) is 0 Å². The van der Waals surface area contributed by atoms with Crippen LogP contribution in [-0.2, 0) is 14.3 Å². The molecule has 0 bridgehead atoms. The summed E-state index contributed by atoms with van der Waals surface area (Å²) in [5.41, 5.74) is -0.411. The van der Waals surface area contributed by atoms with E-state index < -0.39 is 5.60 Å². The minimum atomic E-state index is -0.411. The molecule has 2 atom stereocenters. The van der Waals surface area contributed by atoms with Crippen molar-refractivity contribution in [3.63, 3.8) is 0 Å². The summed E-state index contributed by atoms with van der Waals surface area (Å²) in [7, 11) is 1.73. The fourth-order valence-corrected chi connectivity index (χ4v) is 2.20. The maximum atomic E-state index is 11.6. The molecule has 0 heterocycles. The number of carbonyl (C=O) groups excluding carboxylic acids is 1. The summed E-state index contributed by atoms with van der Waals surface area (Å²) in [6.07, 6.45) is 4.78. The molecule has 0 spiro atoms. The predicted octanol–water partition coefficient (Wildman–Crippen LogP) is 1.88. The van der Waals surface area contributed by atoms with Crippen LogP contribution in [0.3, 0.4) is 0 Å². The fraction of sp³-hybridized carbons (Fsp3) is 0.923. The third-order valence-electron chi connectivity index (χ3n) is 2.93. The van der Waals surface area contributed by atoms with Gasteiger partial charge in [0, 0.05) is 13.2 Å². The molecule has 0 aromatic heterocycles. The Hall–Kier alpha value is -0.610. The van der Waals surface area contributed by atoms with Crippen molar-refractivity contribution in [2.24, 2.45) is 0 Å². The summed E-state index contributed by atoms with van der Waals surface area (Å²) in [6.45, 7) is 5.90. The molecule has 1 saturated carbocycles. The van der Waals surface area contributed by atoms with Crippen LogP contribution >= 0.6 is 0 Å². The summed E-state index contributed by atoms with van der Waals surface area (Å²) in [5.74, 6) is -0.196. The highest BCUT2D eigenvalue weighted by atomic mass is 16.6. The van der Waals surface area contributed by atoms with Gasteiger partial charge in [0.2, 0.25) is 0 Å². The van der Waals surface area contributed by atoms with Crippen LogP contribution in [0.15, 0.2) is 0 Å². The standard InChI is InChI=1S/C13H25NO3/c1-13(2,3)17-12(15)9-14-10-7-5-6-8-11(10)16-4/h10-11,14H,5-9H2,1-4H3. The van der Waals surface area contributed by atoms with Gasteiger partial charge >= 0.3 is 5.97 Å². The van der Waals surface area contributed by atoms with Crippen LogP contribution in [0.25, 0.3) is 0 Å². The van der Waals surface area contributed by atoms with Gasteiger partial charge in [0.25, 0.3) is 0 Å². The monoisotopic (exact) mass is 243 g/mol. The van der Waals surface area contributed by atoms with Crippen molar-refractivity contribution in [2.75, 3.05) is 13.7 Å². The van der Waals surface area contributed by atoms with E-state index in [1.807, 2.05) is 20.8 Å². The molecule has 100 valence electrons. The Kier molecular flexibility index (Phi) is 5.40. The van der Waals surface area contributed by atoms with Crippen molar-refractivity contribution in [1.29, 1.82) is 0 Å². The smallest absolute Gasteiger partial charge is 0.320 e. The summed E-state index contributed by atoms with van der Waals surface area (Å²) < 4.78 is 10.7. The van der Waals surface area contributed by atoms with E-state index in [4.69, 9.17) is 9.47 Å². The first-order valence-electron chi connectivity index (χ1n) is 6.40. The van der Waals surface area contributed by atoms with Crippen molar-refractivity contribution in [2.45, 2.75) is 64.2 Å². The van der Waals surface area contributed by atoms with Crippen LogP contribution in [0.5, 0.6) is 0 Å². The molecule has 0 amide bonds. The first kappa shape index (κ1) is 14.5. The molecule has 0 radical (unpaired) electrons. The summed E-state index contributed by atoms with van der Waals surface area (Å²) >= 11 is 0. The van der Waals surface area contributed by atoms with Gasteiger partial charge < -0.3 is 14.8 Å². The first-order valence-corrected chi connectivity index (χ1v) is 6.40. The molecule has 1 N–H and O–H groups in total. The number of carbonyl (C=O) groups is 1. The lowest BCUT2D eigenvalue weighted by Crippen LogP contribution is -2.46. The largest absolute Gasteiger partial charge is 0.459 e. The second-order valence-electron chi connectivity index (χ2n) is 5.63. The van der Waals surface area contributed by atoms with E-state index in [0.29, 0.717) is 0 Å². The molecule has 0 aromatic carbocycles. The molecular weight excluding hydrogens is 218 g/mol. The van der Waals surface area contributed by atoms with Crippen LogP contribution in [0, 0.1) is 0 Å². The minimum Gasteiger partial charge on any atom is -0.459 e. The molecule has 1 fully saturated rings. The van der Waals surface area contributed by atoms with Crippen LogP contribution in [0.1, 0.15) is 46.5 Å². The SMILES string of the molecule is COC1CCCCC1NCC(=O)OC(C)(C)C. The van der Waals surface area contributed by atoms with Gasteiger partial charge in [-0.3, -0.25) is 4.79 Å². The molecular formula is C13H25NO3. The zero-order valence-corrected chi connectivity index (χ0v) is 11.4. The van der Waals surface area contributed by atoms with E-state index in [1.54, 1.807) is 7.11 Å². The Bertz CT molecular complexity index is 248. The lowest BCUT2D eigenvalue weighted by molar-refractivity contribution is -0.154. The number of esters is 1. The highest BCUT2D eigenvalue weighted by molar-refractivity contribution is 5.72. The quantitative estimate of drug-likeness (QED) is 0.766. The maximum Gasteiger partial charge on any atom is 0.320 e. The van der Waals surface area contributed by atoms with Crippen molar-refractivity contribution in [3.05, 3.63) is 0 Å². The Morgan fingerprint density at radius 2 is 1.94 bits per heavy atom. The number of nitrogens with one attached hydrogen (secondary N) is 1. The van der Waals surface area contributed by atoms with Gasteiger partial charge in [-0.05, 0) is 33.6 Å². The zero-order chi connectivity index (χ0) is 12.9. The minimum absolute atomic E-state index is 0.196. The first-order chi connectivity index (χ1) is 7.92. The fourth-order valence-electron chi connectivity index (χ4n) is 2.20. The molecule has 1 rings (SSSR count). The summed E-state index contributed by atoms with van der Waals surface area (Å²) in [4.78, 5) is 11.6. The van der Waals surface area contributed by atoms with E-state index in [0.717, 1.165) is 12.8 Å². The van der Waals surface area contributed by atoms with Crippen molar-refractivity contribution < 1.29 is 14.3 Å². The van der Waals surface area contributed by atoms with Crippen LogP contribution in [0.2, 0.25) is 0 Å². The Morgan fingerprint density at radius 3 is 2.53 bits per heavy atom. The molecule has 2 unspecified atom stereocenters. The van der Waals surface area contributed by atoms with Gasteiger partial charge in [-0.1, -0.05) is 12.8 Å². The number of rotatable bonds is 4. The lowest BCUT2D eigenvalue weighted by Gasteiger charge is -2.31. The van der Waals surface area contributed by atoms with Gasteiger partial charge in [-0.2, -0.15) is 0 Å². The average molecular weight is 243 g/mol. The molecule has 0 saturated heterocycles. The average Bonchev–Trinajstić information content (AvgIpc) is 2.24. The molecule has 1 aliphatic carbocycles. The van der Waals surface area contributed by atoms with Crippen molar-refractivity contribution in [1.82, 2.24) is 5.32 Å². The Balaban J connectivity index is 2.31. The summed E-state index contributed by atoms with van der Waals surface area (Å²) in [6, 6.07) is 0.279. The third-order valence-corrected chi connectivity index (χ3v) is 2.93. The third kappa shape index (κ3) is 5.50. The number of hydrogen-bond acceptors (Lipinski definition) is 4. The van der Waals surface area contributed by atoms with Crippen LogP contribution in [0.4, 0.5) is 0 Å². The number of ether oxygens (including phenoxy) is 2. The van der Waals surface area contributed by atoms with Gasteiger partial charge in [0.15, 0.2) is 0 Å². The maximum absolute atomic E-state index is 11.6. The van der Waals surface area contributed by atoms with Crippen LogP contribution < -0.4 is 5.32 Å². The van der Waals surface area contributed by atoms with E-state index in [1.165, 1.54) is 12.8 Å². The molecule has 0 aromatic rings. The molecule has 0 aliphatic heterocycles. The van der Waals surface area contributed by atoms with Crippen molar-refractivity contribution >= 4 is 5.97 Å². The highest BCUT2D eigenvalue weighted by Gasteiger charge is 2.25. The van der Waals surface area contributed by atoms with Gasteiger partial charge in [-0.25, -0.2) is 0 Å². The van der Waals surface area contributed by atoms with E-state index in [2.05, 4.69) is 5.32 Å². The molecule has 1 aliphatic rings. The lowest BCUT2D eigenvalue weighted by atomic mass is 9.92. The van der Waals surface area contributed by atoms with E-state index >= 15 is 0 Å². The second-order valence-corrected chi connectivity index (χ2v) is 5.63. The normalized spacial score (nSPS) is 25.6. The van der Waals surface area contributed by atoms with Gasteiger partial charge in [0.05, 0.1) is 12.6 Å². The Labute approximate surface area is 104 Å². The second kappa shape index (κ2) is 6.36. The topological polar surface area (TPSA) is 47.6 Å². The highest BCUT2D eigenvalue weighted by Crippen LogP contribution is 2.20.